The van der Waals surface area contributed by atoms with E-state index in [1.807, 2.05) is 24.8 Å². The van der Waals surface area contributed by atoms with Gasteiger partial charge in [0.1, 0.15) is 6.54 Å². The molecular formula is C19H24N4O4S. The van der Waals surface area contributed by atoms with Crippen molar-refractivity contribution in [3.05, 3.63) is 21.4 Å². The van der Waals surface area contributed by atoms with Crippen LogP contribution in [0.4, 0.5) is 4.79 Å². The smallest absolute Gasteiger partial charge is 0.324 e. The number of carbonyl (C=O) groups excluding carboxylic acids is 4. The lowest BCUT2D eigenvalue weighted by Crippen LogP contribution is -2.67. The van der Waals surface area contributed by atoms with Gasteiger partial charge in [0.2, 0.25) is 11.8 Å². The Kier molecular flexibility index (Phi) is 4.86. The SMILES string of the molecule is Cc1cc(C(=O)N2CC[C@@H]3CN(C(=O)CN4CCC(=O)NC4=O)[C@@H]3C2)sc1C. The number of fused-ring (bicyclic) bond motifs is 1. The fourth-order valence-electron chi connectivity index (χ4n) is 4.11. The second-order valence-corrected chi connectivity index (χ2v) is 9.04. The van der Waals surface area contributed by atoms with Crippen molar-refractivity contribution in [2.45, 2.75) is 32.7 Å². The van der Waals surface area contributed by atoms with E-state index in [2.05, 4.69) is 5.32 Å². The van der Waals surface area contributed by atoms with Crippen LogP contribution in [0.25, 0.3) is 0 Å². The summed E-state index contributed by atoms with van der Waals surface area (Å²) >= 11 is 1.52. The lowest BCUT2D eigenvalue weighted by molar-refractivity contribution is -0.148. The molecule has 3 aliphatic rings. The molecule has 0 spiro atoms. The van der Waals surface area contributed by atoms with Crippen molar-refractivity contribution >= 4 is 35.1 Å². The van der Waals surface area contributed by atoms with Crippen molar-refractivity contribution in [1.82, 2.24) is 20.0 Å². The molecule has 8 nitrogen and oxygen atoms in total. The van der Waals surface area contributed by atoms with Gasteiger partial charge in [-0.15, -0.1) is 11.3 Å². The number of urea groups is 1. The Morgan fingerprint density at radius 1 is 1.21 bits per heavy atom. The van der Waals surface area contributed by atoms with Crippen molar-refractivity contribution in [2.75, 3.05) is 32.7 Å². The van der Waals surface area contributed by atoms with Crippen LogP contribution in [-0.4, -0.2) is 77.2 Å². The van der Waals surface area contributed by atoms with E-state index in [1.165, 1.54) is 16.2 Å². The molecule has 4 rings (SSSR count). The quantitative estimate of drug-likeness (QED) is 0.813. The molecule has 1 aromatic heterocycles. The fraction of sp³-hybridized carbons (Fsp3) is 0.579. The summed E-state index contributed by atoms with van der Waals surface area (Å²) in [5.74, 6) is 0.0190. The molecule has 9 heteroatoms. The van der Waals surface area contributed by atoms with E-state index in [1.54, 1.807) is 4.90 Å². The molecule has 0 aromatic carbocycles. The van der Waals surface area contributed by atoms with Gasteiger partial charge in [0.05, 0.1) is 10.9 Å². The lowest BCUT2D eigenvalue weighted by Gasteiger charge is -2.53. The van der Waals surface area contributed by atoms with E-state index >= 15 is 0 Å². The van der Waals surface area contributed by atoms with Gasteiger partial charge >= 0.3 is 6.03 Å². The van der Waals surface area contributed by atoms with Crippen LogP contribution in [-0.2, 0) is 9.59 Å². The molecule has 2 atom stereocenters. The van der Waals surface area contributed by atoms with E-state index in [4.69, 9.17) is 0 Å². The maximum Gasteiger partial charge on any atom is 0.324 e. The number of carbonyl (C=O) groups is 4. The number of imide groups is 1. The first-order chi connectivity index (χ1) is 13.3. The van der Waals surface area contributed by atoms with Crippen LogP contribution in [0.15, 0.2) is 6.07 Å². The van der Waals surface area contributed by atoms with Crippen molar-refractivity contribution in [3.63, 3.8) is 0 Å². The van der Waals surface area contributed by atoms with Gasteiger partial charge in [-0.1, -0.05) is 0 Å². The number of hydrogen-bond donors (Lipinski definition) is 1. The minimum absolute atomic E-state index is 0.0156. The number of piperidine rings is 1. The molecule has 1 N–H and O–H groups in total. The molecule has 28 heavy (non-hydrogen) atoms. The largest absolute Gasteiger partial charge is 0.336 e. The number of likely N-dealkylation sites (tertiary alicyclic amines) is 2. The molecule has 150 valence electrons. The van der Waals surface area contributed by atoms with Crippen LogP contribution in [0.1, 0.15) is 33.0 Å². The van der Waals surface area contributed by atoms with Crippen molar-refractivity contribution < 1.29 is 19.2 Å². The molecule has 4 heterocycles. The average molecular weight is 404 g/mol. The van der Waals surface area contributed by atoms with Gasteiger partial charge in [-0.3, -0.25) is 19.7 Å². The van der Waals surface area contributed by atoms with Crippen molar-refractivity contribution in [2.24, 2.45) is 5.92 Å². The van der Waals surface area contributed by atoms with E-state index in [9.17, 15) is 19.2 Å². The highest BCUT2D eigenvalue weighted by molar-refractivity contribution is 7.14. The Morgan fingerprint density at radius 3 is 2.68 bits per heavy atom. The van der Waals surface area contributed by atoms with Crippen LogP contribution >= 0.6 is 11.3 Å². The summed E-state index contributed by atoms with van der Waals surface area (Å²) in [6.07, 6.45) is 1.11. The summed E-state index contributed by atoms with van der Waals surface area (Å²) in [6, 6.07) is 1.45. The van der Waals surface area contributed by atoms with E-state index in [-0.39, 0.29) is 43.3 Å². The highest BCUT2D eigenvalue weighted by Crippen LogP contribution is 2.34. The molecule has 0 unspecified atom stereocenters. The Morgan fingerprint density at radius 2 is 2.00 bits per heavy atom. The van der Waals surface area contributed by atoms with Crippen LogP contribution in [0.5, 0.6) is 0 Å². The zero-order valence-electron chi connectivity index (χ0n) is 16.1. The molecule has 5 amide bonds. The summed E-state index contributed by atoms with van der Waals surface area (Å²) in [4.78, 5) is 55.5. The molecule has 3 saturated heterocycles. The molecule has 0 saturated carbocycles. The highest BCUT2D eigenvalue weighted by atomic mass is 32.1. The first-order valence-corrected chi connectivity index (χ1v) is 10.4. The first kappa shape index (κ1) is 18.9. The summed E-state index contributed by atoms with van der Waals surface area (Å²) in [6.45, 7) is 6.19. The first-order valence-electron chi connectivity index (χ1n) is 9.58. The Bertz CT molecular complexity index is 831. The number of hydrogen-bond acceptors (Lipinski definition) is 5. The van der Waals surface area contributed by atoms with E-state index < -0.39 is 6.03 Å². The Balaban J connectivity index is 1.37. The topological polar surface area (TPSA) is 90.0 Å². The summed E-state index contributed by atoms with van der Waals surface area (Å²) in [5, 5.41) is 2.24. The summed E-state index contributed by atoms with van der Waals surface area (Å²) in [5.41, 5.74) is 1.13. The fourth-order valence-corrected chi connectivity index (χ4v) is 5.11. The molecule has 3 fully saturated rings. The maximum absolute atomic E-state index is 12.8. The Hall–Kier alpha value is -2.42. The number of nitrogens with one attached hydrogen (secondary N) is 1. The van der Waals surface area contributed by atoms with Crippen LogP contribution < -0.4 is 5.32 Å². The average Bonchev–Trinajstić information content (AvgIpc) is 2.97. The van der Waals surface area contributed by atoms with Gasteiger partial charge in [-0.25, -0.2) is 4.79 Å². The predicted octanol–water partition coefficient (Wildman–Crippen LogP) is 0.980. The highest BCUT2D eigenvalue weighted by Gasteiger charge is 2.46. The van der Waals surface area contributed by atoms with Crippen LogP contribution in [0.2, 0.25) is 0 Å². The predicted molar refractivity (Wildman–Crippen MR) is 103 cm³/mol. The van der Waals surface area contributed by atoms with E-state index in [0.29, 0.717) is 25.6 Å². The number of rotatable bonds is 3. The lowest BCUT2D eigenvalue weighted by atomic mass is 9.82. The van der Waals surface area contributed by atoms with E-state index in [0.717, 1.165) is 21.7 Å². The van der Waals surface area contributed by atoms with Gasteiger partial charge in [0.25, 0.3) is 5.91 Å². The Labute approximate surface area is 167 Å². The number of nitrogens with zero attached hydrogens (tertiary/aromatic N) is 3. The third-order valence-electron chi connectivity index (χ3n) is 6.01. The van der Waals surface area contributed by atoms with Gasteiger partial charge in [0.15, 0.2) is 0 Å². The molecule has 1 aromatic rings. The molecule has 0 bridgehead atoms. The van der Waals surface area contributed by atoms with Gasteiger partial charge in [-0.2, -0.15) is 0 Å². The van der Waals surface area contributed by atoms with Gasteiger partial charge < -0.3 is 14.7 Å². The normalized spacial score (nSPS) is 24.6. The zero-order chi connectivity index (χ0) is 20.0. The second kappa shape index (κ2) is 7.20. The number of aryl methyl sites for hydroxylation is 2. The second-order valence-electron chi connectivity index (χ2n) is 7.79. The van der Waals surface area contributed by atoms with Crippen molar-refractivity contribution in [3.8, 4) is 0 Å². The third-order valence-corrected chi connectivity index (χ3v) is 7.15. The minimum Gasteiger partial charge on any atom is -0.336 e. The maximum atomic E-state index is 12.8. The van der Waals surface area contributed by atoms with Crippen molar-refractivity contribution in [1.29, 1.82) is 0 Å². The molecular weight excluding hydrogens is 380 g/mol. The van der Waals surface area contributed by atoms with Gasteiger partial charge in [0, 0.05) is 43.4 Å². The zero-order valence-corrected chi connectivity index (χ0v) is 16.9. The number of amides is 5. The number of thiophene rings is 1. The monoisotopic (exact) mass is 404 g/mol. The molecule has 3 aliphatic heterocycles. The molecule has 0 radical (unpaired) electrons. The minimum atomic E-state index is -0.509. The van der Waals surface area contributed by atoms with Gasteiger partial charge in [-0.05, 0) is 31.9 Å². The summed E-state index contributed by atoms with van der Waals surface area (Å²) in [7, 11) is 0. The molecule has 0 aliphatic carbocycles. The van der Waals surface area contributed by atoms with Crippen LogP contribution in [0, 0.1) is 19.8 Å². The third kappa shape index (κ3) is 3.39. The summed E-state index contributed by atoms with van der Waals surface area (Å²) < 4.78 is 0. The standard InChI is InChI=1S/C19H24N4O4S/c1-11-7-15(28-12(11)2)18(26)21-5-3-13-8-23(14(13)9-21)17(25)10-22-6-4-16(24)20-19(22)27/h7,13-14H,3-6,8-10H2,1-2H3,(H,20,24,27)/t13-,14-/m1/s1. The van der Waals surface area contributed by atoms with Crippen LogP contribution in [0.3, 0.4) is 0 Å².